The fourth-order valence-electron chi connectivity index (χ4n) is 1.52. The third-order valence-corrected chi connectivity index (χ3v) is 4.29. The zero-order chi connectivity index (χ0) is 14.0. The molecule has 5 nitrogen and oxygen atoms in total. The normalized spacial score (nSPS) is 11.2. The molecule has 0 heterocycles. The third kappa shape index (κ3) is 3.18. The fourth-order valence-corrected chi connectivity index (χ4v) is 3.24. The molecule has 0 radical (unpaired) electrons. The summed E-state index contributed by atoms with van der Waals surface area (Å²) in [6, 6.07) is 10.4. The van der Waals surface area contributed by atoms with E-state index >= 15 is 0 Å². The first-order valence-corrected chi connectivity index (χ1v) is 7.53. The summed E-state index contributed by atoms with van der Waals surface area (Å²) in [4.78, 5) is -0.0229. The lowest BCUT2D eigenvalue weighted by atomic mass is 10.3. The molecular weight excluding hydrogens is 332 g/mol. The predicted molar refractivity (Wildman–Crippen MR) is 77.5 cm³/mol. The van der Waals surface area contributed by atoms with E-state index in [0.717, 1.165) is 0 Å². The number of phenols is 1. The average Bonchev–Trinajstić information content (AvgIpc) is 2.31. The Balaban J connectivity index is 2.40. The molecule has 0 aliphatic carbocycles. The summed E-state index contributed by atoms with van der Waals surface area (Å²) >= 11 is 3.20. The number of hydrogen-bond donors (Lipinski definition) is 3. The highest BCUT2D eigenvalue weighted by Gasteiger charge is 2.18. The maximum atomic E-state index is 12.2. The number of nitrogens with one attached hydrogen (secondary N) is 1. The van der Waals surface area contributed by atoms with Gasteiger partial charge >= 0.3 is 0 Å². The number of sulfonamides is 1. The number of aromatic hydroxyl groups is 1. The van der Waals surface area contributed by atoms with Gasteiger partial charge in [-0.2, -0.15) is 0 Å². The van der Waals surface area contributed by atoms with Crippen LogP contribution in [0.1, 0.15) is 0 Å². The number of nitrogens with two attached hydrogens (primary N) is 1. The first kappa shape index (κ1) is 13.7. The maximum absolute atomic E-state index is 12.2. The molecule has 0 aromatic heterocycles. The van der Waals surface area contributed by atoms with Crippen molar-refractivity contribution in [2.45, 2.75) is 4.90 Å². The topological polar surface area (TPSA) is 92.4 Å². The lowest BCUT2D eigenvalue weighted by Crippen LogP contribution is -2.14. The molecule has 7 heteroatoms. The molecule has 19 heavy (non-hydrogen) atoms. The van der Waals surface area contributed by atoms with Crippen molar-refractivity contribution < 1.29 is 13.5 Å². The highest BCUT2D eigenvalue weighted by molar-refractivity contribution is 9.10. The minimum atomic E-state index is -3.80. The van der Waals surface area contributed by atoms with Gasteiger partial charge in [0.2, 0.25) is 0 Å². The highest BCUT2D eigenvalue weighted by Crippen LogP contribution is 2.26. The van der Waals surface area contributed by atoms with Crippen LogP contribution in [-0.4, -0.2) is 13.5 Å². The van der Waals surface area contributed by atoms with Gasteiger partial charge in [-0.1, -0.05) is 22.0 Å². The van der Waals surface area contributed by atoms with Crippen molar-refractivity contribution in [3.05, 3.63) is 46.9 Å². The van der Waals surface area contributed by atoms with Gasteiger partial charge in [0.1, 0.15) is 10.6 Å². The Kier molecular flexibility index (Phi) is 3.68. The smallest absolute Gasteiger partial charge is 0.263 e. The van der Waals surface area contributed by atoms with Gasteiger partial charge in [0.25, 0.3) is 10.0 Å². The predicted octanol–water partition coefficient (Wildman–Crippen LogP) is 2.54. The summed E-state index contributed by atoms with van der Waals surface area (Å²) in [7, 11) is -3.80. The summed E-state index contributed by atoms with van der Waals surface area (Å²) in [6.45, 7) is 0. The average molecular weight is 343 g/mol. The van der Waals surface area contributed by atoms with E-state index in [0.29, 0.717) is 4.47 Å². The van der Waals surface area contributed by atoms with E-state index in [1.165, 1.54) is 36.4 Å². The van der Waals surface area contributed by atoms with Gasteiger partial charge in [-0.25, -0.2) is 8.42 Å². The van der Waals surface area contributed by atoms with E-state index in [1.54, 1.807) is 6.07 Å². The van der Waals surface area contributed by atoms with Crippen LogP contribution in [0.5, 0.6) is 5.75 Å². The largest absolute Gasteiger partial charge is 0.508 e. The molecule has 0 amide bonds. The Labute approximate surface area is 119 Å². The first-order valence-electron chi connectivity index (χ1n) is 5.25. The number of halogens is 1. The molecule has 0 aliphatic heterocycles. The van der Waals surface area contributed by atoms with Crippen molar-refractivity contribution in [2.75, 3.05) is 10.5 Å². The van der Waals surface area contributed by atoms with Crippen molar-refractivity contribution in [3.8, 4) is 5.75 Å². The Morgan fingerprint density at radius 1 is 1.16 bits per heavy atom. The van der Waals surface area contributed by atoms with Crippen molar-refractivity contribution in [1.82, 2.24) is 0 Å². The number of phenolic OH excluding ortho intramolecular Hbond substituents is 1. The molecule has 100 valence electrons. The van der Waals surface area contributed by atoms with Crippen molar-refractivity contribution in [3.63, 3.8) is 0 Å². The summed E-state index contributed by atoms with van der Waals surface area (Å²) < 4.78 is 27.3. The van der Waals surface area contributed by atoms with Crippen molar-refractivity contribution in [2.24, 2.45) is 0 Å². The summed E-state index contributed by atoms with van der Waals surface area (Å²) in [5.74, 6) is -0.0255. The first-order chi connectivity index (χ1) is 8.88. The van der Waals surface area contributed by atoms with E-state index in [9.17, 15) is 13.5 Å². The number of benzene rings is 2. The second-order valence-corrected chi connectivity index (χ2v) is 6.40. The molecule has 2 aromatic carbocycles. The summed E-state index contributed by atoms with van der Waals surface area (Å²) in [5, 5.41) is 9.31. The van der Waals surface area contributed by atoms with Crippen LogP contribution < -0.4 is 10.5 Å². The molecule has 0 saturated heterocycles. The van der Waals surface area contributed by atoms with Crippen LogP contribution in [0.2, 0.25) is 0 Å². The molecule has 2 rings (SSSR count). The fraction of sp³-hybridized carbons (Fsp3) is 0. The number of anilines is 2. The zero-order valence-corrected chi connectivity index (χ0v) is 12.1. The molecule has 0 bridgehead atoms. The quantitative estimate of drug-likeness (QED) is 0.747. The Bertz CT molecular complexity index is 717. The van der Waals surface area contributed by atoms with E-state index in [-0.39, 0.29) is 22.0 Å². The van der Waals surface area contributed by atoms with Crippen LogP contribution in [0.3, 0.4) is 0 Å². The van der Waals surface area contributed by atoms with Crippen LogP contribution in [-0.2, 0) is 10.0 Å². The SMILES string of the molecule is Nc1ccc(Br)cc1S(=O)(=O)Nc1cccc(O)c1. The standard InChI is InChI=1S/C12H11BrN2O3S/c13-8-4-5-11(14)12(6-8)19(17,18)15-9-2-1-3-10(16)7-9/h1-7,15-16H,14H2. The zero-order valence-electron chi connectivity index (χ0n) is 9.67. The molecule has 2 aromatic rings. The van der Waals surface area contributed by atoms with E-state index in [2.05, 4.69) is 20.7 Å². The Hall–Kier alpha value is -1.73. The minimum Gasteiger partial charge on any atom is -0.508 e. The summed E-state index contributed by atoms with van der Waals surface area (Å²) in [5.41, 5.74) is 6.08. The molecule has 0 saturated carbocycles. The van der Waals surface area contributed by atoms with Gasteiger partial charge < -0.3 is 10.8 Å². The lowest BCUT2D eigenvalue weighted by Gasteiger charge is -2.10. The second kappa shape index (κ2) is 5.10. The molecule has 0 unspecified atom stereocenters. The molecule has 4 N–H and O–H groups in total. The number of rotatable bonds is 3. The van der Waals surface area contributed by atoms with Gasteiger partial charge in [-0.3, -0.25) is 4.72 Å². The van der Waals surface area contributed by atoms with Gasteiger partial charge in [0.05, 0.1) is 11.4 Å². The maximum Gasteiger partial charge on any atom is 0.263 e. The third-order valence-electron chi connectivity index (χ3n) is 2.36. The van der Waals surface area contributed by atoms with Gasteiger partial charge in [-0.15, -0.1) is 0 Å². The lowest BCUT2D eigenvalue weighted by molar-refractivity contribution is 0.475. The Morgan fingerprint density at radius 3 is 2.58 bits per heavy atom. The van der Waals surface area contributed by atoms with E-state index in [1.807, 2.05) is 0 Å². The highest BCUT2D eigenvalue weighted by atomic mass is 79.9. The molecular formula is C12H11BrN2O3S. The van der Waals surface area contributed by atoms with Crippen LogP contribution in [0.4, 0.5) is 11.4 Å². The van der Waals surface area contributed by atoms with E-state index in [4.69, 9.17) is 5.73 Å². The van der Waals surface area contributed by atoms with Crippen molar-refractivity contribution in [1.29, 1.82) is 0 Å². The molecule has 0 fully saturated rings. The van der Waals surface area contributed by atoms with Crippen molar-refractivity contribution >= 4 is 37.3 Å². The Morgan fingerprint density at radius 2 is 1.89 bits per heavy atom. The van der Waals surface area contributed by atoms with Crippen LogP contribution >= 0.6 is 15.9 Å². The monoisotopic (exact) mass is 342 g/mol. The van der Waals surface area contributed by atoms with Gasteiger partial charge in [0.15, 0.2) is 0 Å². The van der Waals surface area contributed by atoms with Crippen LogP contribution in [0.15, 0.2) is 51.8 Å². The summed E-state index contributed by atoms with van der Waals surface area (Å²) in [6.07, 6.45) is 0. The van der Waals surface area contributed by atoms with E-state index < -0.39 is 10.0 Å². The molecule has 0 spiro atoms. The molecule has 0 aliphatic rings. The van der Waals surface area contributed by atoms with Crippen LogP contribution in [0, 0.1) is 0 Å². The molecule has 0 atom stereocenters. The number of hydrogen-bond acceptors (Lipinski definition) is 4. The second-order valence-electron chi connectivity index (χ2n) is 3.84. The number of nitrogen functional groups attached to an aromatic ring is 1. The van der Waals surface area contributed by atoms with Gasteiger partial charge in [-0.05, 0) is 30.3 Å². The minimum absolute atomic E-state index is 0.0229. The van der Waals surface area contributed by atoms with Gasteiger partial charge in [0, 0.05) is 10.5 Å². The van der Waals surface area contributed by atoms with Crippen LogP contribution in [0.25, 0.3) is 0 Å².